The molecule has 3 rings (SSSR count). The van der Waals surface area contributed by atoms with E-state index < -0.39 is 0 Å². The van der Waals surface area contributed by atoms with Crippen molar-refractivity contribution in [2.24, 2.45) is 0 Å². The van der Waals surface area contributed by atoms with Crippen LogP contribution in [0.4, 0.5) is 0 Å². The standard InChI is InChI=1S/C18H21N3O3S/c1-3-21(4-2)14(17-8-6-10-25-17)12-19-18(22)13-11-16(24-20-13)15-7-5-9-23-15/h5-11,14H,3-4,12H2,1-2H3,(H,19,22). The summed E-state index contributed by atoms with van der Waals surface area (Å²) < 4.78 is 10.4. The van der Waals surface area contributed by atoms with E-state index in [1.807, 2.05) is 6.07 Å². The summed E-state index contributed by atoms with van der Waals surface area (Å²) >= 11 is 1.70. The van der Waals surface area contributed by atoms with Gasteiger partial charge in [0.05, 0.1) is 12.3 Å². The molecule has 1 unspecified atom stereocenters. The van der Waals surface area contributed by atoms with Crippen molar-refractivity contribution in [3.8, 4) is 11.5 Å². The molecule has 0 saturated heterocycles. The molecule has 132 valence electrons. The zero-order valence-corrected chi connectivity index (χ0v) is 15.1. The van der Waals surface area contributed by atoms with Gasteiger partial charge in [0, 0.05) is 17.5 Å². The molecule has 0 aromatic carbocycles. The number of carbonyl (C=O) groups is 1. The highest BCUT2D eigenvalue weighted by Crippen LogP contribution is 2.25. The van der Waals surface area contributed by atoms with Gasteiger partial charge in [0.15, 0.2) is 11.5 Å². The maximum atomic E-state index is 12.4. The molecule has 7 heteroatoms. The summed E-state index contributed by atoms with van der Waals surface area (Å²) in [5, 5.41) is 8.86. The van der Waals surface area contributed by atoms with Gasteiger partial charge in [0.25, 0.3) is 5.91 Å². The number of likely N-dealkylation sites (N-methyl/N-ethyl adjacent to an activating group) is 1. The number of rotatable bonds is 8. The van der Waals surface area contributed by atoms with Gasteiger partial charge in [0.2, 0.25) is 5.76 Å². The highest BCUT2D eigenvalue weighted by molar-refractivity contribution is 7.10. The van der Waals surface area contributed by atoms with Gasteiger partial charge in [-0.05, 0) is 36.7 Å². The zero-order valence-electron chi connectivity index (χ0n) is 14.3. The Bertz CT molecular complexity index is 776. The van der Waals surface area contributed by atoms with E-state index in [1.165, 1.54) is 4.88 Å². The van der Waals surface area contributed by atoms with Crippen molar-refractivity contribution in [3.63, 3.8) is 0 Å². The van der Waals surface area contributed by atoms with Gasteiger partial charge < -0.3 is 14.3 Å². The summed E-state index contributed by atoms with van der Waals surface area (Å²) in [4.78, 5) is 16.0. The van der Waals surface area contributed by atoms with Crippen LogP contribution in [0.5, 0.6) is 0 Å². The summed E-state index contributed by atoms with van der Waals surface area (Å²) in [6.07, 6.45) is 1.55. The minimum atomic E-state index is -0.254. The molecule has 0 bridgehead atoms. The van der Waals surface area contributed by atoms with E-state index in [4.69, 9.17) is 8.94 Å². The number of hydrogen-bond donors (Lipinski definition) is 1. The third-order valence-electron chi connectivity index (χ3n) is 4.09. The van der Waals surface area contributed by atoms with Crippen LogP contribution in [-0.2, 0) is 0 Å². The molecule has 0 fully saturated rings. The van der Waals surface area contributed by atoms with Crippen LogP contribution in [0.15, 0.2) is 50.9 Å². The second-order valence-corrected chi connectivity index (χ2v) is 6.50. The molecule has 0 aliphatic heterocycles. The number of amides is 1. The highest BCUT2D eigenvalue weighted by atomic mass is 32.1. The summed E-state index contributed by atoms with van der Waals surface area (Å²) in [6, 6.07) is 9.39. The van der Waals surface area contributed by atoms with Gasteiger partial charge in [-0.1, -0.05) is 25.1 Å². The maximum absolute atomic E-state index is 12.4. The molecule has 0 radical (unpaired) electrons. The van der Waals surface area contributed by atoms with Crippen molar-refractivity contribution in [1.29, 1.82) is 0 Å². The maximum Gasteiger partial charge on any atom is 0.273 e. The van der Waals surface area contributed by atoms with Crippen LogP contribution in [0, 0.1) is 0 Å². The first-order valence-electron chi connectivity index (χ1n) is 8.29. The monoisotopic (exact) mass is 359 g/mol. The van der Waals surface area contributed by atoms with E-state index in [2.05, 4.69) is 40.7 Å². The van der Waals surface area contributed by atoms with Gasteiger partial charge in [-0.3, -0.25) is 9.69 Å². The Labute approximate surface area is 150 Å². The second-order valence-electron chi connectivity index (χ2n) is 5.52. The molecular formula is C18H21N3O3S. The molecule has 3 aromatic rings. The zero-order chi connectivity index (χ0) is 17.6. The van der Waals surface area contributed by atoms with Crippen molar-refractivity contribution in [2.45, 2.75) is 19.9 Å². The van der Waals surface area contributed by atoms with Gasteiger partial charge in [-0.15, -0.1) is 11.3 Å². The topological polar surface area (TPSA) is 71.5 Å². The minimum absolute atomic E-state index is 0.149. The lowest BCUT2D eigenvalue weighted by molar-refractivity contribution is 0.0926. The predicted octanol–water partition coefficient (Wildman–Crippen LogP) is 3.81. The number of carbonyl (C=O) groups excluding carboxylic acids is 1. The van der Waals surface area contributed by atoms with Gasteiger partial charge in [-0.25, -0.2) is 0 Å². The predicted molar refractivity (Wildman–Crippen MR) is 96.5 cm³/mol. The van der Waals surface area contributed by atoms with Crippen molar-refractivity contribution < 1.29 is 13.7 Å². The van der Waals surface area contributed by atoms with Crippen LogP contribution in [0.1, 0.15) is 35.3 Å². The van der Waals surface area contributed by atoms with Crippen molar-refractivity contribution >= 4 is 17.2 Å². The normalized spacial score (nSPS) is 12.4. The average molecular weight is 359 g/mol. The molecular weight excluding hydrogens is 338 g/mol. The third-order valence-corrected chi connectivity index (χ3v) is 5.06. The summed E-state index contributed by atoms with van der Waals surface area (Å²) in [7, 11) is 0. The molecule has 0 aliphatic rings. The molecule has 1 amide bonds. The quantitative estimate of drug-likeness (QED) is 0.662. The van der Waals surface area contributed by atoms with E-state index >= 15 is 0 Å². The van der Waals surface area contributed by atoms with Crippen LogP contribution in [0.25, 0.3) is 11.5 Å². The van der Waals surface area contributed by atoms with Crippen LogP contribution < -0.4 is 5.32 Å². The molecule has 3 aromatic heterocycles. The molecule has 3 heterocycles. The average Bonchev–Trinajstić information content (AvgIpc) is 3.39. The molecule has 25 heavy (non-hydrogen) atoms. The van der Waals surface area contributed by atoms with Gasteiger partial charge >= 0.3 is 0 Å². The number of nitrogens with zero attached hydrogens (tertiary/aromatic N) is 2. The van der Waals surface area contributed by atoms with E-state index in [-0.39, 0.29) is 17.6 Å². The first-order valence-corrected chi connectivity index (χ1v) is 9.17. The molecule has 0 spiro atoms. The van der Waals surface area contributed by atoms with Gasteiger partial charge in [-0.2, -0.15) is 0 Å². The molecule has 1 atom stereocenters. The van der Waals surface area contributed by atoms with E-state index in [0.29, 0.717) is 18.1 Å². The lowest BCUT2D eigenvalue weighted by Gasteiger charge is -2.29. The Balaban J connectivity index is 1.67. The Kier molecular flexibility index (Phi) is 5.67. The number of nitrogens with one attached hydrogen (secondary N) is 1. The molecule has 0 aliphatic carbocycles. The van der Waals surface area contributed by atoms with E-state index in [9.17, 15) is 4.79 Å². The fourth-order valence-corrected chi connectivity index (χ4v) is 3.61. The van der Waals surface area contributed by atoms with Crippen molar-refractivity contribution in [2.75, 3.05) is 19.6 Å². The first-order chi connectivity index (χ1) is 12.2. The van der Waals surface area contributed by atoms with Crippen LogP contribution in [-0.4, -0.2) is 35.6 Å². The Morgan fingerprint density at radius 2 is 2.12 bits per heavy atom. The minimum Gasteiger partial charge on any atom is -0.461 e. The van der Waals surface area contributed by atoms with Gasteiger partial charge in [0.1, 0.15) is 0 Å². The van der Waals surface area contributed by atoms with Crippen LogP contribution >= 0.6 is 11.3 Å². The second kappa shape index (κ2) is 8.13. The van der Waals surface area contributed by atoms with Crippen LogP contribution in [0.3, 0.4) is 0 Å². The lowest BCUT2D eigenvalue weighted by Crippen LogP contribution is -2.37. The summed E-state index contributed by atoms with van der Waals surface area (Å²) in [5.74, 6) is 0.732. The van der Waals surface area contributed by atoms with E-state index in [1.54, 1.807) is 35.8 Å². The number of furan rings is 1. The molecule has 6 nitrogen and oxygen atoms in total. The number of hydrogen-bond acceptors (Lipinski definition) is 6. The van der Waals surface area contributed by atoms with Crippen molar-refractivity contribution in [1.82, 2.24) is 15.4 Å². The van der Waals surface area contributed by atoms with Crippen LogP contribution in [0.2, 0.25) is 0 Å². The fourth-order valence-electron chi connectivity index (χ4n) is 2.75. The summed E-state index contributed by atoms with van der Waals surface area (Å²) in [6.45, 7) is 6.60. The lowest BCUT2D eigenvalue weighted by atomic mass is 10.2. The Morgan fingerprint density at radius 3 is 2.76 bits per heavy atom. The smallest absolute Gasteiger partial charge is 0.273 e. The molecule has 0 saturated carbocycles. The summed E-state index contributed by atoms with van der Waals surface area (Å²) in [5.41, 5.74) is 0.246. The largest absolute Gasteiger partial charge is 0.461 e. The van der Waals surface area contributed by atoms with Crippen molar-refractivity contribution in [3.05, 3.63) is 52.5 Å². The third kappa shape index (κ3) is 4.00. The molecule has 1 N–H and O–H groups in total. The fraction of sp³-hybridized carbons (Fsp3) is 0.333. The SMILES string of the molecule is CCN(CC)C(CNC(=O)c1cc(-c2ccco2)on1)c1cccs1. The Hall–Kier alpha value is -2.38. The van der Waals surface area contributed by atoms with E-state index in [0.717, 1.165) is 13.1 Å². The number of aromatic nitrogens is 1. The highest BCUT2D eigenvalue weighted by Gasteiger charge is 2.21. The Morgan fingerprint density at radius 1 is 1.28 bits per heavy atom. The number of thiophene rings is 1. The first kappa shape index (κ1) is 17.4.